The number of carbonyl (C=O) groups is 1. The average Bonchev–Trinajstić information content (AvgIpc) is 2.30. The number of ether oxygens (including phenoxy) is 2. The van der Waals surface area contributed by atoms with Gasteiger partial charge in [-0.15, -0.1) is 0 Å². The van der Waals surface area contributed by atoms with E-state index in [1.54, 1.807) is 26.4 Å². The van der Waals surface area contributed by atoms with Crippen LogP contribution in [0.2, 0.25) is 5.02 Å². The molecule has 0 fully saturated rings. The van der Waals surface area contributed by atoms with E-state index in [-0.39, 0.29) is 6.42 Å². The Bertz CT molecular complexity index is 404. The van der Waals surface area contributed by atoms with Crippen LogP contribution >= 0.6 is 11.6 Å². The molecule has 0 radical (unpaired) electrons. The Kier molecular flexibility index (Phi) is 5.10. The standard InChI is InChI=1S/C12H15ClO4/c1-16-8-6-10(13)9(11(7-8)17-2)4-3-5-12(14)15/h6-7H,3-5H2,1-2H3,(H,14,15). The number of carboxylic acids is 1. The Morgan fingerprint density at radius 1 is 1.35 bits per heavy atom. The highest BCUT2D eigenvalue weighted by molar-refractivity contribution is 6.31. The second-order valence-corrected chi connectivity index (χ2v) is 3.94. The van der Waals surface area contributed by atoms with Crippen LogP contribution in [0.5, 0.6) is 11.5 Å². The van der Waals surface area contributed by atoms with E-state index in [2.05, 4.69) is 0 Å². The summed E-state index contributed by atoms with van der Waals surface area (Å²) in [6.07, 6.45) is 1.21. The molecule has 1 aromatic rings. The van der Waals surface area contributed by atoms with Gasteiger partial charge in [-0.1, -0.05) is 11.6 Å². The van der Waals surface area contributed by atoms with Gasteiger partial charge in [0.05, 0.1) is 19.2 Å². The zero-order valence-electron chi connectivity index (χ0n) is 9.83. The van der Waals surface area contributed by atoms with Crippen molar-refractivity contribution in [3.8, 4) is 11.5 Å². The maximum atomic E-state index is 10.4. The first kappa shape index (κ1) is 13.6. The lowest BCUT2D eigenvalue weighted by Crippen LogP contribution is -1.99. The maximum absolute atomic E-state index is 10.4. The van der Waals surface area contributed by atoms with Crippen LogP contribution in [-0.2, 0) is 11.2 Å². The van der Waals surface area contributed by atoms with E-state index in [9.17, 15) is 4.79 Å². The molecule has 0 aliphatic rings. The van der Waals surface area contributed by atoms with Gasteiger partial charge in [0.2, 0.25) is 0 Å². The normalized spacial score (nSPS) is 10.1. The molecular formula is C12H15ClO4. The topological polar surface area (TPSA) is 55.8 Å². The molecule has 0 saturated heterocycles. The molecule has 0 spiro atoms. The number of aliphatic carboxylic acids is 1. The van der Waals surface area contributed by atoms with Crippen LogP contribution < -0.4 is 9.47 Å². The summed E-state index contributed by atoms with van der Waals surface area (Å²) in [5.41, 5.74) is 0.816. The van der Waals surface area contributed by atoms with Gasteiger partial charge in [0.15, 0.2) is 0 Å². The molecule has 1 aromatic carbocycles. The number of halogens is 1. The fourth-order valence-corrected chi connectivity index (χ4v) is 1.84. The largest absolute Gasteiger partial charge is 0.497 e. The SMILES string of the molecule is COc1cc(Cl)c(CCCC(=O)O)c(OC)c1. The Hall–Kier alpha value is -1.42. The van der Waals surface area contributed by atoms with Gasteiger partial charge in [-0.3, -0.25) is 4.79 Å². The molecule has 0 aliphatic carbocycles. The molecule has 0 unspecified atom stereocenters. The second-order valence-electron chi connectivity index (χ2n) is 3.54. The molecule has 1 N–H and O–H groups in total. The van der Waals surface area contributed by atoms with Gasteiger partial charge < -0.3 is 14.6 Å². The van der Waals surface area contributed by atoms with Crippen molar-refractivity contribution < 1.29 is 19.4 Å². The molecule has 94 valence electrons. The van der Waals surface area contributed by atoms with Crippen LogP contribution in [0.4, 0.5) is 0 Å². The third-order valence-electron chi connectivity index (χ3n) is 2.40. The van der Waals surface area contributed by atoms with Crippen molar-refractivity contribution in [2.75, 3.05) is 14.2 Å². The van der Waals surface area contributed by atoms with Crippen molar-refractivity contribution in [2.45, 2.75) is 19.3 Å². The highest BCUT2D eigenvalue weighted by Crippen LogP contribution is 2.33. The highest BCUT2D eigenvalue weighted by Gasteiger charge is 2.11. The van der Waals surface area contributed by atoms with Gasteiger partial charge in [-0.25, -0.2) is 0 Å². The van der Waals surface area contributed by atoms with Gasteiger partial charge in [-0.2, -0.15) is 0 Å². The van der Waals surface area contributed by atoms with Gasteiger partial charge in [0, 0.05) is 18.1 Å². The van der Waals surface area contributed by atoms with Gasteiger partial charge >= 0.3 is 5.97 Å². The van der Waals surface area contributed by atoms with Crippen molar-refractivity contribution in [1.82, 2.24) is 0 Å². The van der Waals surface area contributed by atoms with Crippen molar-refractivity contribution >= 4 is 17.6 Å². The molecule has 5 heteroatoms. The Morgan fingerprint density at radius 3 is 2.59 bits per heavy atom. The third kappa shape index (κ3) is 3.82. The van der Waals surface area contributed by atoms with Crippen LogP contribution in [0.15, 0.2) is 12.1 Å². The van der Waals surface area contributed by atoms with E-state index in [4.69, 9.17) is 26.2 Å². The minimum Gasteiger partial charge on any atom is -0.497 e. The van der Waals surface area contributed by atoms with E-state index in [1.165, 1.54) is 0 Å². The molecule has 0 heterocycles. The minimum atomic E-state index is -0.811. The molecule has 0 atom stereocenters. The Balaban J connectivity index is 2.86. The summed E-state index contributed by atoms with van der Waals surface area (Å²) in [7, 11) is 3.10. The first-order chi connectivity index (χ1) is 8.08. The predicted octanol–water partition coefficient (Wildman–Crippen LogP) is 2.76. The van der Waals surface area contributed by atoms with Gasteiger partial charge in [-0.05, 0) is 18.9 Å². The number of hydrogen-bond donors (Lipinski definition) is 1. The number of hydrogen-bond acceptors (Lipinski definition) is 3. The van der Waals surface area contributed by atoms with E-state index in [0.717, 1.165) is 5.56 Å². The van der Waals surface area contributed by atoms with E-state index in [1.807, 2.05) is 0 Å². The number of methoxy groups -OCH3 is 2. The van der Waals surface area contributed by atoms with Crippen LogP contribution in [0, 0.1) is 0 Å². The summed E-state index contributed by atoms with van der Waals surface area (Å²) in [6, 6.07) is 3.43. The van der Waals surface area contributed by atoms with E-state index >= 15 is 0 Å². The van der Waals surface area contributed by atoms with Gasteiger partial charge in [0.1, 0.15) is 11.5 Å². The monoisotopic (exact) mass is 258 g/mol. The van der Waals surface area contributed by atoms with Crippen LogP contribution in [0.1, 0.15) is 18.4 Å². The first-order valence-corrected chi connectivity index (χ1v) is 5.58. The van der Waals surface area contributed by atoms with E-state index < -0.39 is 5.97 Å². The quantitative estimate of drug-likeness (QED) is 0.852. The summed E-state index contributed by atoms with van der Waals surface area (Å²) < 4.78 is 10.3. The smallest absolute Gasteiger partial charge is 0.303 e. The Labute approximate surface area is 105 Å². The Morgan fingerprint density at radius 2 is 2.06 bits per heavy atom. The molecule has 0 aromatic heterocycles. The number of benzene rings is 1. The molecule has 4 nitrogen and oxygen atoms in total. The molecule has 0 aliphatic heterocycles. The average molecular weight is 259 g/mol. The first-order valence-electron chi connectivity index (χ1n) is 5.20. The highest BCUT2D eigenvalue weighted by atomic mass is 35.5. The predicted molar refractivity (Wildman–Crippen MR) is 65.1 cm³/mol. The maximum Gasteiger partial charge on any atom is 0.303 e. The number of carboxylic acid groups (broad SMARTS) is 1. The lowest BCUT2D eigenvalue weighted by molar-refractivity contribution is -0.137. The zero-order chi connectivity index (χ0) is 12.8. The number of rotatable bonds is 6. The van der Waals surface area contributed by atoms with Crippen LogP contribution in [-0.4, -0.2) is 25.3 Å². The van der Waals surface area contributed by atoms with Crippen LogP contribution in [0.25, 0.3) is 0 Å². The van der Waals surface area contributed by atoms with Gasteiger partial charge in [0.25, 0.3) is 0 Å². The van der Waals surface area contributed by atoms with Crippen molar-refractivity contribution in [1.29, 1.82) is 0 Å². The molecule has 1 rings (SSSR count). The summed E-state index contributed by atoms with van der Waals surface area (Å²) in [5, 5.41) is 9.12. The minimum absolute atomic E-state index is 0.117. The van der Waals surface area contributed by atoms with Crippen molar-refractivity contribution in [3.63, 3.8) is 0 Å². The fourth-order valence-electron chi connectivity index (χ4n) is 1.55. The lowest BCUT2D eigenvalue weighted by Gasteiger charge is -2.12. The zero-order valence-corrected chi connectivity index (χ0v) is 10.6. The summed E-state index contributed by atoms with van der Waals surface area (Å²) in [5.74, 6) is 0.433. The molecule has 0 amide bonds. The second kappa shape index (κ2) is 6.35. The van der Waals surface area contributed by atoms with Crippen LogP contribution in [0.3, 0.4) is 0 Å². The van der Waals surface area contributed by atoms with Crippen molar-refractivity contribution in [3.05, 3.63) is 22.7 Å². The summed E-state index contributed by atoms with van der Waals surface area (Å²) in [4.78, 5) is 10.4. The molecule has 17 heavy (non-hydrogen) atoms. The van der Waals surface area contributed by atoms with E-state index in [0.29, 0.717) is 29.4 Å². The van der Waals surface area contributed by atoms with Crippen molar-refractivity contribution in [2.24, 2.45) is 0 Å². The third-order valence-corrected chi connectivity index (χ3v) is 2.74. The fraction of sp³-hybridized carbons (Fsp3) is 0.417. The lowest BCUT2D eigenvalue weighted by atomic mass is 10.1. The molecule has 0 saturated carbocycles. The molecular weight excluding hydrogens is 244 g/mol. The summed E-state index contributed by atoms with van der Waals surface area (Å²) >= 11 is 6.10. The summed E-state index contributed by atoms with van der Waals surface area (Å²) in [6.45, 7) is 0. The molecule has 0 bridgehead atoms.